The van der Waals surface area contributed by atoms with Gasteiger partial charge in [0.25, 0.3) is 5.91 Å². The van der Waals surface area contributed by atoms with E-state index in [9.17, 15) is 19.2 Å². The van der Waals surface area contributed by atoms with Crippen LogP contribution in [0.15, 0.2) is 76.0 Å². The fourth-order valence-corrected chi connectivity index (χ4v) is 3.98. The number of carbonyl (C=O) groups is 1. The van der Waals surface area contributed by atoms with E-state index in [2.05, 4.69) is 20.0 Å². The standard InChI is InChI=1S/C25H16FN5O3/c1-31-21(12-15-5-4-7-17(22(15)31)16-6-2-3-8-19(16)26)24(32)28-20-10-9-14(13-27)11-18(20)23-29-25(33)34-30-23/h2-12H,1H3,(H,28,32)(H,29,30,33). The monoisotopic (exact) mass is 453 g/mol. The number of benzene rings is 3. The molecule has 0 radical (unpaired) electrons. The Morgan fingerprint density at radius 1 is 1.09 bits per heavy atom. The van der Waals surface area contributed by atoms with Crippen LogP contribution in [-0.4, -0.2) is 20.6 Å². The fourth-order valence-electron chi connectivity index (χ4n) is 3.98. The molecule has 0 aliphatic rings. The van der Waals surface area contributed by atoms with Crippen molar-refractivity contribution in [1.29, 1.82) is 5.26 Å². The zero-order valence-corrected chi connectivity index (χ0v) is 17.8. The first kappa shape index (κ1) is 20.9. The quantitative estimate of drug-likeness (QED) is 0.417. The lowest BCUT2D eigenvalue weighted by atomic mass is 10.0. The number of nitriles is 1. The normalized spacial score (nSPS) is 10.9. The first-order valence-electron chi connectivity index (χ1n) is 10.2. The Morgan fingerprint density at radius 2 is 1.88 bits per heavy atom. The molecule has 34 heavy (non-hydrogen) atoms. The number of nitrogens with one attached hydrogen (secondary N) is 2. The third-order valence-electron chi connectivity index (χ3n) is 5.55. The van der Waals surface area contributed by atoms with Gasteiger partial charge < -0.3 is 9.88 Å². The number of H-pyrrole nitrogens is 1. The molecule has 8 nitrogen and oxygen atoms in total. The number of halogens is 1. The number of aromatic nitrogens is 3. The van der Waals surface area contributed by atoms with E-state index in [1.54, 1.807) is 41.9 Å². The van der Waals surface area contributed by atoms with Crippen LogP contribution in [0.1, 0.15) is 16.1 Å². The van der Waals surface area contributed by atoms with Gasteiger partial charge in [-0.2, -0.15) is 5.26 Å². The lowest BCUT2D eigenvalue weighted by molar-refractivity contribution is 0.102. The third-order valence-corrected chi connectivity index (χ3v) is 5.55. The second kappa shape index (κ2) is 8.18. The fraction of sp³-hybridized carbons (Fsp3) is 0.0400. The lowest BCUT2D eigenvalue weighted by Crippen LogP contribution is -2.16. The molecular formula is C25H16FN5O3. The van der Waals surface area contributed by atoms with Gasteiger partial charge in [0.05, 0.1) is 22.8 Å². The number of fused-ring (bicyclic) bond motifs is 1. The van der Waals surface area contributed by atoms with Gasteiger partial charge in [0.2, 0.25) is 0 Å². The molecule has 0 saturated heterocycles. The zero-order valence-electron chi connectivity index (χ0n) is 17.8. The van der Waals surface area contributed by atoms with E-state index in [0.29, 0.717) is 39.2 Å². The number of anilines is 1. The SMILES string of the molecule is Cn1c(C(=O)Nc2ccc(C#N)cc2-c2noc(=O)[nH]2)cc2cccc(-c3ccccc3F)c21. The summed E-state index contributed by atoms with van der Waals surface area (Å²) in [6, 6.07) is 20.2. The lowest BCUT2D eigenvalue weighted by Gasteiger charge is -2.11. The Balaban J connectivity index is 1.58. The minimum atomic E-state index is -0.760. The highest BCUT2D eigenvalue weighted by atomic mass is 19.1. The molecule has 1 amide bonds. The number of aryl methyl sites for hydroxylation is 1. The van der Waals surface area contributed by atoms with Gasteiger partial charge in [-0.25, -0.2) is 9.18 Å². The molecule has 0 aliphatic carbocycles. The van der Waals surface area contributed by atoms with Crippen molar-refractivity contribution >= 4 is 22.5 Å². The van der Waals surface area contributed by atoms with Crippen molar-refractivity contribution in [2.24, 2.45) is 7.05 Å². The highest BCUT2D eigenvalue weighted by molar-refractivity contribution is 6.09. The second-order valence-corrected chi connectivity index (χ2v) is 7.58. The zero-order chi connectivity index (χ0) is 23.8. The highest BCUT2D eigenvalue weighted by Gasteiger charge is 2.20. The highest BCUT2D eigenvalue weighted by Crippen LogP contribution is 2.33. The van der Waals surface area contributed by atoms with Crippen molar-refractivity contribution < 1.29 is 13.7 Å². The van der Waals surface area contributed by atoms with Gasteiger partial charge >= 0.3 is 5.76 Å². The molecule has 2 N–H and O–H groups in total. The summed E-state index contributed by atoms with van der Waals surface area (Å²) in [6.45, 7) is 0. The van der Waals surface area contributed by atoms with Crippen LogP contribution in [0.5, 0.6) is 0 Å². The molecule has 0 bridgehead atoms. The van der Waals surface area contributed by atoms with Crippen molar-refractivity contribution in [1.82, 2.24) is 14.7 Å². The van der Waals surface area contributed by atoms with Gasteiger partial charge in [-0.05, 0) is 30.3 Å². The summed E-state index contributed by atoms with van der Waals surface area (Å²) in [7, 11) is 1.73. The first-order valence-corrected chi connectivity index (χ1v) is 10.2. The largest absolute Gasteiger partial charge is 0.439 e. The topological polar surface area (TPSA) is 117 Å². The Labute approximate surface area is 191 Å². The van der Waals surface area contributed by atoms with E-state index in [4.69, 9.17) is 0 Å². The van der Waals surface area contributed by atoms with Crippen LogP contribution >= 0.6 is 0 Å². The smallest absolute Gasteiger partial charge is 0.339 e. The molecule has 2 heterocycles. The summed E-state index contributed by atoms with van der Waals surface area (Å²) in [5.41, 5.74) is 3.11. The van der Waals surface area contributed by atoms with Crippen LogP contribution in [0.2, 0.25) is 0 Å². The van der Waals surface area contributed by atoms with E-state index >= 15 is 0 Å². The van der Waals surface area contributed by atoms with Crippen LogP contribution in [0, 0.1) is 17.1 Å². The van der Waals surface area contributed by atoms with Gasteiger partial charge in [0.1, 0.15) is 11.5 Å². The Bertz CT molecular complexity index is 1670. The molecule has 5 aromatic rings. The van der Waals surface area contributed by atoms with Crippen molar-refractivity contribution in [2.45, 2.75) is 0 Å². The van der Waals surface area contributed by atoms with Crippen molar-refractivity contribution in [3.63, 3.8) is 0 Å². The maximum atomic E-state index is 14.5. The Hall–Kier alpha value is -4.97. The molecular weight excluding hydrogens is 437 g/mol. The summed E-state index contributed by atoms with van der Waals surface area (Å²) < 4.78 is 20.8. The van der Waals surface area contributed by atoms with E-state index in [1.807, 2.05) is 24.3 Å². The number of hydrogen-bond acceptors (Lipinski definition) is 5. The average Bonchev–Trinajstić information content (AvgIpc) is 3.43. The number of hydrogen-bond donors (Lipinski definition) is 2. The van der Waals surface area contributed by atoms with Crippen molar-refractivity contribution in [2.75, 3.05) is 5.32 Å². The predicted octanol–water partition coefficient (Wildman–Crippen LogP) is 4.45. The Morgan fingerprint density at radius 3 is 2.62 bits per heavy atom. The number of nitrogens with zero attached hydrogens (tertiary/aromatic N) is 3. The number of carbonyl (C=O) groups excluding carboxylic acids is 1. The van der Waals surface area contributed by atoms with Gasteiger partial charge in [0, 0.05) is 29.1 Å². The van der Waals surface area contributed by atoms with Crippen LogP contribution in [0.25, 0.3) is 33.4 Å². The van der Waals surface area contributed by atoms with Gasteiger partial charge in [0.15, 0.2) is 5.82 Å². The van der Waals surface area contributed by atoms with E-state index in [1.165, 1.54) is 18.2 Å². The van der Waals surface area contributed by atoms with E-state index in [0.717, 1.165) is 5.39 Å². The van der Waals surface area contributed by atoms with Gasteiger partial charge in [-0.15, -0.1) is 0 Å². The summed E-state index contributed by atoms with van der Waals surface area (Å²) in [4.78, 5) is 27.1. The van der Waals surface area contributed by atoms with Crippen LogP contribution in [-0.2, 0) is 7.05 Å². The summed E-state index contributed by atoms with van der Waals surface area (Å²) in [5, 5.41) is 16.5. The molecule has 5 rings (SSSR count). The van der Waals surface area contributed by atoms with Crippen molar-refractivity contribution in [3.05, 3.63) is 94.4 Å². The van der Waals surface area contributed by atoms with Crippen LogP contribution in [0.3, 0.4) is 0 Å². The minimum Gasteiger partial charge on any atom is -0.339 e. The molecule has 2 aromatic heterocycles. The number of rotatable bonds is 4. The molecule has 0 aliphatic heterocycles. The maximum Gasteiger partial charge on any atom is 0.439 e. The van der Waals surface area contributed by atoms with Crippen LogP contribution < -0.4 is 11.1 Å². The number of aromatic amines is 1. The number of para-hydroxylation sites is 1. The predicted molar refractivity (Wildman–Crippen MR) is 124 cm³/mol. The minimum absolute atomic E-state index is 0.0799. The molecule has 0 unspecified atom stereocenters. The molecule has 0 spiro atoms. The number of amides is 1. The molecule has 3 aromatic carbocycles. The first-order chi connectivity index (χ1) is 16.5. The van der Waals surface area contributed by atoms with Crippen LogP contribution in [0.4, 0.5) is 10.1 Å². The van der Waals surface area contributed by atoms with E-state index < -0.39 is 11.7 Å². The molecule has 0 fully saturated rings. The molecule has 0 atom stereocenters. The maximum absolute atomic E-state index is 14.5. The Kier molecular flexibility index (Phi) is 5.03. The van der Waals surface area contributed by atoms with Gasteiger partial charge in [-0.1, -0.05) is 41.6 Å². The molecule has 9 heteroatoms. The molecule has 166 valence electrons. The van der Waals surface area contributed by atoms with Gasteiger partial charge in [-0.3, -0.25) is 14.3 Å². The summed E-state index contributed by atoms with van der Waals surface area (Å²) in [5.74, 6) is -1.47. The second-order valence-electron chi connectivity index (χ2n) is 7.58. The average molecular weight is 453 g/mol. The van der Waals surface area contributed by atoms with E-state index in [-0.39, 0.29) is 11.6 Å². The molecule has 0 saturated carbocycles. The summed E-state index contributed by atoms with van der Waals surface area (Å²) in [6.07, 6.45) is 0. The van der Waals surface area contributed by atoms with Crippen molar-refractivity contribution in [3.8, 4) is 28.6 Å². The summed E-state index contributed by atoms with van der Waals surface area (Å²) >= 11 is 0. The third kappa shape index (κ3) is 3.53.